The van der Waals surface area contributed by atoms with Crippen LogP contribution in [0.5, 0.6) is 0 Å². The van der Waals surface area contributed by atoms with Gasteiger partial charge >= 0.3 is 5.97 Å². The fraction of sp³-hybridized carbons (Fsp3) is 0.850. The SMILES string of the molecule is CN(CC(=O)NC(C)(C)C)C(=O)COC(=O)C12C[C@@H]3C[C@H](CC(Cl)(C3)C1)C2. The average Bonchev–Trinajstić information content (AvgIpc) is 2.47. The smallest absolute Gasteiger partial charge is 0.312 e. The van der Waals surface area contributed by atoms with Gasteiger partial charge in [0.1, 0.15) is 0 Å². The summed E-state index contributed by atoms with van der Waals surface area (Å²) in [6, 6.07) is 0. The van der Waals surface area contributed by atoms with Crippen LogP contribution in [-0.2, 0) is 19.1 Å². The number of likely N-dealkylation sites (N-methyl/N-ethyl adjacent to an activating group) is 1. The van der Waals surface area contributed by atoms with E-state index in [2.05, 4.69) is 5.32 Å². The summed E-state index contributed by atoms with van der Waals surface area (Å²) >= 11 is 6.76. The van der Waals surface area contributed by atoms with Gasteiger partial charge in [-0.1, -0.05) is 0 Å². The van der Waals surface area contributed by atoms with Crippen molar-refractivity contribution < 1.29 is 19.1 Å². The van der Waals surface area contributed by atoms with Crippen molar-refractivity contribution in [1.82, 2.24) is 10.2 Å². The van der Waals surface area contributed by atoms with Crippen LogP contribution in [0, 0.1) is 17.3 Å². The summed E-state index contributed by atoms with van der Waals surface area (Å²) in [6.45, 7) is 5.25. The van der Waals surface area contributed by atoms with Crippen molar-refractivity contribution >= 4 is 29.4 Å². The minimum absolute atomic E-state index is 0.0618. The largest absolute Gasteiger partial charge is 0.455 e. The van der Waals surface area contributed by atoms with E-state index in [0.717, 1.165) is 32.1 Å². The van der Waals surface area contributed by atoms with E-state index in [1.54, 1.807) is 0 Å². The van der Waals surface area contributed by atoms with Crippen LogP contribution >= 0.6 is 11.6 Å². The summed E-state index contributed by atoms with van der Waals surface area (Å²) in [4.78, 5) is 38.1. The van der Waals surface area contributed by atoms with Crippen LogP contribution in [0.4, 0.5) is 0 Å². The molecular weight excluding hydrogens is 368 g/mol. The third kappa shape index (κ3) is 4.58. The van der Waals surface area contributed by atoms with Crippen molar-refractivity contribution in [2.75, 3.05) is 20.2 Å². The van der Waals surface area contributed by atoms with Crippen molar-refractivity contribution in [2.24, 2.45) is 17.3 Å². The first kappa shape index (κ1) is 20.4. The van der Waals surface area contributed by atoms with Gasteiger partial charge in [0.05, 0.1) is 12.0 Å². The number of hydrogen-bond acceptors (Lipinski definition) is 4. The first-order valence-electron chi connectivity index (χ1n) is 9.81. The molecule has 4 aliphatic carbocycles. The summed E-state index contributed by atoms with van der Waals surface area (Å²) < 4.78 is 5.42. The molecule has 0 aliphatic heterocycles. The number of hydrogen-bond donors (Lipinski definition) is 1. The van der Waals surface area contributed by atoms with Gasteiger partial charge in [-0.3, -0.25) is 14.4 Å². The molecule has 2 amide bonds. The van der Waals surface area contributed by atoms with Crippen LogP contribution in [0.15, 0.2) is 0 Å². The number of amides is 2. The number of alkyl halides is 1. The molecule has 4 saturated carbocycles. The summed E-state index contributed by atoms with van der Waals surface area (Å²) in [6.07, 6.45) is 5.46. The Balaban J connectivity index is 1.52. The molecule has 0 aromatic heterocycles. The van der Waals surface area contributed by atoms with Gasteiger partial charge in [-0.05, 0) is 71.1 Å². The molecular formula is C20H31ClN2O4. The van der Waals surface area contributed by atoms with E-state index in [9.17, 15) is 14.4 Å². The molecule has 0 unspecified atom stereocenters. The number of rotatable bonds is 5. The van der Waals surface area contributed by atoms with Crippen molar-refractivity contribution in [3.05, 3.63) is 0 Å². The number of esters is 1. The fourth-order valence-corrected chi connectivity index (χ4v) is 6.23. The highest BCUT2D eigenvalue weighted by molar-refractivity contribution is 6.24. The van der Waals surface area contributed by atoms with E-state index >= 15 is 0 Å². The van der Waals surface area contributed by atoms with Gasteiger partial charge in [0.2, 0.25) is 5.91 Å². The van der Waals surface area contributed by atoms with Crippen molar-refractivity contribution in [3.63, 3.8) is 0 Å². The minimum atomic E-state index is -0.520. The highest BCUT2D eigenvalue weighted by Crippen LogP contribution is 2.64. The van der Waals surface area contributed by atoms with Gasteiger partial charge in [0.15, 0.2) is 6.61 Å². The molecule has 0 saturated heterocycles. The molecule has 4 aliphatic rings. The van der Waals surface area contributed by atoms with Gasteiger partial charge in [0, 0.05) is 17.5 Å². The number of carbonyl (C=O) groups excluding carboxylic acids is 3. The van der Waals surface area contributed by atoms with Crippen LogP contribution in [0.25, 0.3) is 0 Å². The zero-order chi connectivity index (χ0) is 20.0. The molecule has 4 rings (SSSR count). The lowest BCUT2D eigenvalue weighted by molar-refractivity contribution is -0.173. The summed E-state index contributed by atoms with van der Waals surface area (Å²) in [5.74, 6) is 0.0848. The third-order valence-corrected chi connectivity index (χ3v) is 6.51. The molecule has 27 heavy (non-hydrogen) atoms. The maximum absolute atomic E-state index is 12.8. The molecule has 6 nitrogen and oxygen atoms in total. The standard InChI is InChI=1S/C20H31ClN2O4/c1-18(2,3)22-15(24)10-23(4)16(25)11-27-17(26)19-6-13-5-14(7-19)9-20(21,8-13)12-19/h13-14H,5-12H2,1-4H3,(H,22,24)/t13-,14-,19?,20?/m0/s1. The van der Waals surface area contributed by atoms with E-state index in [4.69, 9.17) is 16.3 Å². The van der Waals surface area contributed by atoms with Crippen molar-refractivity contribution in [3.8, 4) is 0 Å². The second kappa shape index (κ2) is 6.94. The Morgan fingerprint density at radius 2 is 1.74 bits per heavy atom. The number of nitrogens with one attached hydrogen (secondary N) is 1. The van der Waals surface area contributed by atoms with Gasteiger partial charge in [-0.2, -0.15) is 0 Å². The third-order valence-electron chi connectivity index (χ3n) is 6.07. The predicted molar refractivity (Wildman–Crippen MR) is 102 cm³/mol. The first-order chi connectivity index (χ1) is 12.4. The second-order valence-electron chi connectivity index (χ2n) is 10.0. The second-order valence-corrected chi connectivity index (χ2v) is 10.8. The maximum Gasteiger partial charge on any atom is 0.312 e. The molecule has 7 heteroatoms. The van der Waals surface area contributed by atoms with Crippen LogP contribution in [0.1, 0.15) is 59.3 Å². The Morgan fingerprint density at radius 1 is 1.15 bits per heavy atom. The van der Waals surface area contributed by atoms with Crippen LogP contribution in [-0.4, -0.2) is 53.3 Å². The topological polar surface area (TPSA) is 75.7 Å². The molecule has 0 aromatic rings. The molecule has 152 valence electrons. The lowest BCUT2D eigenvalue weighted by Gasteiger charge is -2.58. The molecule has 4 fully saturated rings. The molecule has 4 bridgehead atoms. The molecule has 0 spiro atoms. The Bertz CT molecular complexity index is 628. The zero-order valence-electron chi connectivity index (χ0n) is 16.8. The van der Waals surface area contributed by atoms with Crippen molar-refractivity contribution in [2.45, 2.75) is 69.7 Å². The molecule has 2 atom stereocenters. The van der Waals surface area contributed by atoms with E-state index in [0.29, 0.717) is 18.3 Å². The minimum Gasteiger partial charge on any atom is -0.455 e. The van der Waals surface area contributed by atoms with Crippen molar-refractivity contribution in [1.29, 1.82) is 0 Å². The van der Waals surface area contributed by atoms with Gasteiger partial charge < -0.3 is 15.0 Å². The van der Waals surface area contributed by atoms with Gasteiger partial charge in [0.25, 0.3) is 5.91 Å². The van der Waals surface area contributed by atoms with Gasteiger partial charge in [-0.25, -0.2) is 0 Å². The van der Waals surface area contributed by atoms with E-state index < -0.39 is 5.41 Å². The number of nitrogens with zero attached hydrogens (tertiary/aromatic N) is 1. The maximum atomic E-state index is 12.8. The van der Waals surface area contributed by atoms with Crippen LogP contribution < -0.4 is 5.32 Å². The summed E-state index contributed by atoms with van der Waals surface area (Å²) in [5.41, 5.74) is -0.877. The highest BCUT2D eigenvalue weighted by Gasteiger charge is 2.60. The molecule has 0 aromatic carbocycles. The highest BCUT2D eigenvalue weighted by atomic mass is 35.5. The van der Waals surface area contributed by atoms with E-state index in [1.807, 2.05) is 20.8 Å². The first-order valence-corrected chi connectivity index (χ1v) is 10.2. The lowest BCUT2D eigenvalue weighted by Crippen LogP contribution is -2.56. The average molecular weight is 399 g/mol. The lowest BCUT2D eigenvalue weighted by atomic mass is 9.49. The molecule has 1 N–H and O–H groups in total. The number of carbonyl (C=O) groups is 3. The summed E-state index contributed by atoms with van der Waals surface area (Å²) in [5, 5.41) is 2.81. The zero-order valence-corrected chi connectivity index (χ0v) is 17.5. The number of ether oxygens (including phenoxy) is 1. The Morgan fingerprint density at radius 3 is 2.26 bits per heavy atom. The quantitative estimate of drug-likeness (QED) is 0.570. The van der Waals surface area contributed by atoms with E-state index in [-0.39, 0.29) is 41.3 Å². The van der Waals surface area contributed by atoms with Gasteiger partial charge in [-0.15, -0.1) is 11.6 Å². The summed E-state index contributed by atoms with van der Waals surface area (Å²) in [7, 11) is 1.54. The monoisotopic (exact) mass is 398 g/mol. The molecule has 0 heterocycles. The Kier molecular flexibility index (Phi) is 5.26. The normalized spacial score (nSPS) is 34.3. The fourth-order valence-electron chi connectivity index (χ4n) is 5.54. The molecule has 0 radical (unpaired) electrons. The Labute approximate surface area is 166 Å². The number of halogens is 1. The Hall–Kier alpha value is -1.30. The van der Waals surface area contributed by atoms with E-state index in [1.165, 1.54) is 11.9 Å². The van der Waals surface area contributed by atoms with Crippen LogP contribution in [0.2, 0.25) is 0 Å². The van der Waals surface area contributed by atoms with Crippen LogP contribution in [0.3, 0.4) is 0 Å². The predicted octanol–water partition coefficient (Wildman–Crippen LogP) is 2.48.